The molecule has 2 nitrogen and oxygen atoms in total. The molecular weight excluding hydrogens is 326 g/mol. The molecule has 106 valence electrons. The van der Waals surface area contributed by atoms with Gasteiger partial charge in [0, 0.05) is 16.4 Å². The third-order valence-corrected chi connectivity index (χ3v) is 4.00. The zero-order valence-corrected chi connectivity index (χ0v) is 13.1. The SMILES string of the molecule is NCC(Oc1cccc2ccccc12)c1ccc(Br)cc1. The average Bonchev–Trinajstić information content (AvgIpc) is 2.54. The minimum Gasteiger partial charge on any atom is -0.484 e. The Labute approximate surface area is 132 Å². The lowest BCUT2D eigenvalue weighted by atomic mass is 10.1. The number of ether oxygens (including phenoxy) is 1. The van der Waals surface area contributed by atoms with Crippen LogP contribution in [-0.2, 0) is 0 Å². The van der Waals surface area contributed by atoms with E-state index in [9.17, 15) is 0 Å². The summed E-state index contributed by atoms with van der Waals surface area (Å²) >= 11 is 3.44. The van der Waals surface area contributed by atoms with Crippen molar-refractivity contribution in [1.82, 2.24) is 0 Å². The molecule has 0 aromatic heterocycles. The van der Waals surface area contributed by atoms with Gasteiger partial charge < -0.3 is 10.5 Å². The van der Waals surface area contributed by atoms with Gasteiger partial charge in [0.25, 0.3) is 0 Å². The van der Waals surface area contributed by atoms with Crippen molar-refractivity contribution >= 4 is 26.7 Å². The van der Waals surface area contributed by atoms with Gasteiger partial charge in [0.15, 0.2) is 0 Å². The second kappa shape index (κ2) is 6.29. The van der Waals surface area contributed by atoms with Crippen LogP contribution in [0.4, 0.5) is 0 Å². The van der Waals surface area contributed by atoms with Crippen LogP contribution in [0, 0.1) is 0 Å². The summed E-state index contributed by atoms with van der Waals surface area (Å²) in [6.07, 6.45) is -0.149. The monoisotopic (exact) mass is 341 g/mol. The Morgan fingerprint density at radius 3 is 2.38 bits per heavy atom. The molecule has 3 aromatic rings. The van der Waals surface area contributed by atoms with E-state index in [2.05, 4.69) is 34.1 Å². The maximum absolute atomic E-state index is 6.16. The molecule has 1 unspecified atom stereocenters. The number of benzene rings is 3. The van der Waals surface area contributed by atoms with Gasteiger partial charge in [-0.25, -0.2) is 0 Å². The molecule has 0 bridgehead atoms. The first kappa shape index (κ1) is 14.1. The van der Waals surface area contributed by atoms with Crippen molar-refractivity contribution < 1.29 is 4.74 Å². The van der Waals surface area contributed by atoms with E-state index in [-0.39, 0.29) is 6.10 Å². The van der Waals surface area contributed by atoms with Gasteiger partial charge in [0.2, 0.25) is 0 Å². The Morgan fingerprint density at radius 2 is 1.62 bits per heavy atom. The summed E-state index contributed by atoms with van der Waals surface area (Å²) in [6, 6.07) is 22.4. The molecule has 3 aromatic carbocycles. The fourth-order valence-electron chi connectivity index (χ4n) is 2.38. The zero-order chi connectivity index (χ0) is 14.7. The van der Waals surface area contributed by atoms with Crippen LogP contribution in [0.2, 0.25) is 0 Å². The van der Waals surface area contributed by atoms with Crippen LogP contribution in [0.5, 0.6) is 5.75 Å². The molecule has 0 spiro atoms. The first-order valence-electron chi connectivity index (χ1n) is 6.88. The molecule has 0 aliphatic carbocycles. The predicted molar refractivity (Wildman–Crippen MR) is 90.5 cm³/mol. The Hall–Kier alpha value is -1.84. The average molecular weight is 342 g/mol. The van der Waals surface area contributed by atoms with Crippen LogP contribution in [-0.4, -0.2) is 6.54 Å². The van der Waals surface area contributed by atoms with Crippen molar-refractivity contribution in [2.75, 3.05) is 6.54 Å². The maximum Gasteiger partial charge on any atom is 0.136 e. The lowest BCUT2D eigenvalue weighted by molar-refractivity contribution is 0.217. The van der Waals surface area contributed by atoms with Crippen LogP contribution >= 0.6 is 15.9 Å². The van der Waals surface area contributed by atoms with E-state index >= 15 is 0 Å². The number of fused-ring (bicyclic) bond motifs is 1. The summed E-state index contributed by atoms with van der Waals surface area (Å²) in [5, 5.41) is 2.28. The van der Waals surface area contributed by atoms with E-state index in [0.29, 0.717) is 6.54 Å². The van der Waals surface area contributed by atoms with Crippen LogP contribution in [0.25, 0.3) is 10.8 Å². The zero-order valence-electron chi connectivity index (χ0n) is 11.5. The number of hydrogen-bond donors (Lipinski definition) is 1. The standard InChI is InChI=1S/C18H16BrNO/c19-15-10-8-14(9-11-15)18(12-20)21-17-7-3-5-13-4-1-2-6-16(13)17/h1-11,18H,12,20H2. The van der Waals surface area contributed by atoms with Crippen molar-refractivity contribution in [3.63, 3.8) is 0 Å². The molecule has 0 fully saturated rings. The Kier molecular flexibility index (Phi) is 4.23. The van der Waals surface area contributed by atoms with Gasteiger partial charge >= 0.3 is 0 Å². The van der Waals surface area contributed by atoms with Crippen molar-refractivity contribution in [2.24, 2.45) is 5.73 Å². The fraction of sp³-hybridized carbons (Fsp3) is 0.111. The van der Waals surface area contributed by atoms with Gasteiger partial charge in [-0.15, -0.1) is 0 Å². The van der Waals surface area contributed by atoms with Crippen LogP contribution in [0.1, 0.15) is 11.7 Å². The van der Waals surface area contributed by atoms with Gasteiger partial charge in [-0.05, 0) is 29.1 Å². The van der Waals surface area contributed by atoms with Crippen LogP contribution in [0.3, 0.4) is 0 Å². The molecule has 0 heterocycles. The number of hydrogen-bond acceptors (Lipinski definition) is 2. The summed E-state index contributed by atoms with van der Waals surface area (Å²) in [4.78, 5) is 0. The Morgan fingerprint density at radius 1 is 0.905 bits per heavy atom. The lowest BCUT2D eigenvalue weighted by Gasteiger charge is -2.19. The first-order chi connectivity index (χ1) is 10.3. The second-order valence-corrected chi connectivity index (χ2v) is 5.79. The van der Waals surface area contributed by atoms with Crippen LogP contribution < -0.4 is 10.5 Å². The molecule has 0 saturated heterocycles. The lowest BCUT2D eigenvalue weighted by Crippen LogP contribution is -2.18. The molecule has 0 aliphatic heterocycles. The summed E-state index contributed by atoms with van der Waals surface area (Å²) in [5.74, 6) is 0.867. The minimum absolute atomic E-state index is 0.149. The van der Waals surface area contributed by atoms with Gasteiger partial charge in [-0.3, -0.25) is 0 Å². The largest absolute Gasteiger partial charge is 0.484 e. The van der Waals surface area contributed by atoms with E-state index in [1.165, 1.54) is 5.39 Å². The summed E-state index contributed by atoms with van der Waals surface area (Å²) < 4.78 is 7.21. The topological polar surface area (TPSA) is 35.2 Å². The highest BCUT2D eigenvalue weighted by Gasteiger charge is 2.13. The van der Waals surface area contributed by atoms with Gasteiger partial charge in [0.1, 0.15) is 11.9 Å². The van der Waals surface area contributed by atoms with Gasteiger partial charge in [0.05, 0.1) is 0 Å². The number of nitrogens with two attached hydrogens (primary N) is 1. The molecule has 0 aliphatic rings. The maximum atomic E-state index is 6.16. The van der Waals surface area contributed by atoms with E-state index in [0.717, 1.165) is 21.2 Å². The molecule has 3 heteroatoms. The first-order valence-corrected chi connectivity index (χ1v) is 7.67. The molecule has 21 heavy (non-hydrogen) atoms. The van der Waals surface area contributed by atoms with Crippen molar-refractivity contribution in [3.8, 4) is 5.75 Å². The minimum atomic E-state index is -0.149. The molecule has 0 amide bonds. The van der Waals surface area contributed by atoms with E-state index in [1.54, 1.807) is 0 Å². The quantitative estimate of drug-likeness (QED) is 0.747. The normalized spacial score (nSPS) is 12.3. The summed E-state index contributed by atoms with van der Waals surface area (Å²) in [6.45, 7) is 0.435. The van der Waals surface area contributed by atoms with Gasteiger partial charge in [-0.2, -0.15) is 0 Å². The Balaban J connectivity index is 1.94. The van der Waals surface area contributed by atoms with Crippen molar-refractivity contribution in [2.45, 2.75) is 6.10 Å². The Bertz CT molecular complexity index is 734. The number of rotatable bonds is 4. The fourth-order valence-corrected chi connectivity index (χ4v) is 2.65. The van der Waals surface area contributed by atoms with E-state index in [4.69, 9.17) is 10.5 Å². The highest BCUT2D eigenvalue weighted by Crippen LogP contribution is 2.29. The van der Waals surface area contributed by atoms with E-state index in [1.807, 2.05) is 48.5 Å². The van der Waals surface area contributed by atoms with E-state index < -0.39 is 0 Å². The third-order valence-electron chi connectivity index (χ3n) is 3.47. The van der Waals surface area contributed by atoms with Gasteiger partial charge in [-0.1, -0.05) is 64.5 Å². The van der Waals surface area contributed by atoms with Crippen molar-refractivity contribution in [3.05, 3.63) is 76.8 Å². The molecule has 0 saturated carbocycles. The molecule has 0 radical (unpaired) electrons. The van der Waals surface area contributed by atoms with Crippen molar-refractivity contribution in [1.29, 1.82) is 0 Å². The smallest absolute Gasteiger partial charge is 0.136 e. The molecule has 1 atom stereocenters. The summed E-state index contributed by atoms with van der Waals surface area (Å²) in [7, 11) is 0. The highest BCUT2D eigenvalue weighted by molar-refractivity contribution is 9.10. The predicted octanol–water partition coefficient (Wildman–Crippen LogP) is 4.68. The number of halogens is 1. The highest BCUT2D eigenvalue weighted by atomic mass is 79.9. The molecular formula is C18H16BrNO. The molecule has 3 rings (SSSR count). The second-order valence-electron chi connectivity index (χ2n) is 4.87. The van der Waals surface area contributed by atoms with Crippen LogP contribution in [0.15, 0.2) is 71.2 Å². The summed E-state index contributed by atoms with van der Waals surface area (Å²) in [5.41, 5.74) is 6.98. The third kappa shape index (κ3) is 3.09. The molecule has 2 N–H and O–H groups in total.